The Balaban J connectivity index is 1.66. The van der Waals surface area contributed by atoms with Crippen LogP contribution in [0.15, 0.2) is 40.9 Å². The molecule has 24 heavy (non-hydrogen) atoms. The third kappa shape index (κ3) is 2.54. The van der Waals surface area contributed by atoms with Crippen LogP contribution >= 0.6 is 0 Å². The number of anilines is 1. The molecular weight excluding hydrogens is 312 g/mol. The Labute approximate surface area is 137 Å². The molecule has 0 amide bonds. The summed E-state index contributed by atoms with van der Waals surface area (Å²) in [6, 6.07) is 7.94. The summed E-state index contributed by atoms with van der Waals surface area (Å²) in [4.78, 5) is 10.5. The van der Waals surface area contributed by atoms with E-state index < -0.39 is 11.6 Å². The number of fused-ring (bicyclic) bond motifs is 1. The van der Waals surface area contributed by atoms with Crippen LogP contribution in [0.5, 0.6) is 0 Å². The lowest BCUT2D eigenvalue weighted by molar-refractivity contribution is 0.495. The lowest BCUT2D eigenvalue weighted by atomic mass is 10.1. The standard InChI is InChI=1S/C18H15F2N3O/c1-11-8-12(19)9-15(17(11)20)23-7-5-16-14(10-23)22-18(24-16)13-4-2-3-6-21-13/h2-4,6,8-9H,5,7,10H2,1H3. The smallest absolute Gasteiger partial charge is 0.245 e. The maximum atomic E-state index is 14.4. The van der Waals surface area contributed by atoms with Gasteiger partial charge in [0.15, 0.2) is 0 Å². The van der Waals surface area contributed by atoms with Gasteiger partial charge in [0.1, 0.15) is 28.8 Å². The molecule has 3 heterocycles. The summed E-state index contributed by atoms with van der Waals surface area (Å²) in [5.41, 5.74) is 1.96. The summed E-state index contributed by atoms with van der Waals surface area (Å²) in [5.74, 6) is 0.399. The van der Waals surface area contributed by atoms with Crippen LogP contribution in [0.4, 0.5) is 14.5 Å². The molecule has 0 radical (unpaired) electrons. The van der Waals surface area contributed by atoms with Crippen molar-refractivity contribution in [2.45, 2.75) is 19.9 Å². The van der Waals surface area contributed by atoms with Gasteiger partial charge in [-0.2, -0.15) is 0 Å². The molecular formula is C18H15F2N3O. The van der Waals surface area contributed by atoms with Crippen LogP contribution in [0.1, 0.15) is 17.0 Å². The predicted molar refractivity (Wildman–Crippen MR) is 85.6 cm³/mol. The molecule has 3 aromatic rings. The van der Waals surface area contributed by atoms with Crippen LogP contribution in [-0.2, 0) is 13.0 Å². The molecule has 0 fully saturated rings. The minimum atomic E-state index is -0.441. The number of aromatic nitrogens is 2. The summed E-state index contributed by atoms with van der Waals surface area (Å²) < 4.78 is 33.8. The van der Waals surface area contributed by atoms with Gasteiger partial charge in [-0.05, 0) is 30.7 Å². The second kappa shape index (κ2) is 5.70. The van der Waals surface area contributed by atoms with Crippen LogP contribution < -0.4 is 4.90 Å². The highest BCUT2D eigenvalue weighted by molar-refractivity contribution is 5.53. The Morgan fingerprint density at radius 1 is 1.21 bits per heavy atom. The van der Waals surface area contributed by atoms with E-state index in [1.807, 2.05) is 18.2 Å². The zero-order valence-corrected chi connectivity index (χ0v) is 13.1. The largest absolute Gasteiger partial charge is 0.439 e. The highest BCUT2D eigenvalue weighted by atomic mass is 19.1. The molecule has 0 bridgehead atoms. The molecule has 4 nitrogen and oxygen atoms in total. The van der Waals surface area contributed by atoms with Crippen molar-refractivity contribution in [3.05, 3.63) is 65.2 Å². The lowest BCUT2D eigenvalue weighted by Crippen LogP contribution is -2.31. The molecule has 4 rings (SSSR count). The molecule has 122 valence electrons. The third-order valence-corrected chi connectivity index (χ3v) is 4.15. The summed E-state index contributed by atoms with van der Waals surface area (Å²) in [5, 5.41) is 0. The molecule has 0 spiro atoms. The van der Waals surface area contributed by atoms with E-state index in [1.165, 1.54) is 12.1 Å². The number of nitrogens with zero attached hydrogens (tertiary/aromatic N) is 3. The van der Waals surface area contributed by atoms with E-state index in [0.717, 1.165) is 11.5 Å². The normalized spacial score (nSPS) is 13.9. The Morgan fingerprint density at radius 3 is 2.88 bits per heavy atom. The van der Waals surface area contributed by atoms with Crippen LogP contribution in [-0.4, -0.2) is 16.5 Å². The molecule has 6 heteroatoms. The number of rotatable bonds is 2. The first-order chi connectivity index (χ1) is 11.6. The third-order valence-electron chi connectivity index (χ3n) is 4.15. The van der Waals surface area contributed by atoms with E-state index in [-0.39, 0.29) is 5.69 Å². The average Bonchev–Trinajstić information content (AvgIpc) is 3.02. The van der Waals surface area contributed by atoms with Gasteiger partial charge in [0.2, 0.25) is 5.89 Å². The van der Waals surface area contributed by atoms with Crippen LogP contribution in [0.25, 0.3) is 11.6 Å². The summed E-state index contributed by atoms with van der Waals surface area (Å²) >= 11 is 0. The van der Waals surface area contributed by atoms with Gasteiger partial charge in [0, 0.05) is 25.2 Å². The first-order valence-corrected chi connectivity index (χ1v) is 7.72. The maximum Gasteiger partial charge on any atom is 0.245 e. The number of hydrogen-bond acceptors (Lipinski definition) is 4. The summed E-state index contributed by atoms with van der Waals surface area (Å²) in [7, 11) is 0. The van der Waals surface area contributed by atoms with Gasteiger partial charge in [-0.25, -0.2) is 13.8 Å². The topological polar surface area (TPSA) is 42.2 Å². The van der Waals surface area contributed by atoms with Crippen molar-refractivity contribution >= 4 is 5.69 Å². The van der Waals surface area contributed by atoms with E-state index >= 15 is 0 Å². The molecule has 2 aromatic heterocycles. The SMILES string of the molecule is Cc1cc(F)cc(N2CCc3oc(-c4ccccn4)nc3C2)c1F. The second-order valence-electron chi connectivity index (χ2n) is 5.83. The summed E-state index contributed by atoms with van der Waals surface area (Å²) in [6.45, 7) is 2.49. The van der Waals surface area contributed by atoms with Crippen molar-refractivity contribution in [2.24, 2.45) is 0 Å². The maximum absolute atomic E-state index is 14.4. The molecule has 1 aliphatic heterocycles. The fraction of sp³-hybridized carbons (Fsp3) is 0.222. The molecule has 0 saturated carbocycles. The van der Waals surface area contributed by atoms with Crippen molar-refractivity contribution in [3.63, 3.8) is 0 Å². The van der Waals surface area contributed by atoms with Crippen molar-refractivity contribution in [3.8, 4) is 11.6 Å². The van der Waals surface area contributed by atoms with E-state index in [0.29, 0.717) is 36.7 Å². The summed E-state index contributed by atoms with van der Waals surface area (Å²) in [6.07, 6.45) is 2.26. The number of halogens is 2. The van der Waals surface area contributed by atoms with Gasteiger partial charge in [0.05, 0.1) is 12.2 Å². The zero-order valence-electron chi connectivity index (χ0n) is 13.1. The Bertz CT molecular complexity index is 893. The van der Waals surface area contributed by atoms with Gasteiger partial charge >= 0.3 is 0 Å². The number of oxazole rings is 1. The first-order valence-electron chi connectivity index (χ1n) is 7.72. The van der Waals surface area contributed by atoms with Gasteiger partial charge in [-0.3, -0.25) is 4.98 Å². The van der Waals surface area contributed by atoms with E-state index in [1.54, 1.807) is 18.0 Å². The fourth-order valence-electron chi connectivity index (χ4n) is 2.94. The van der Waals surface area contributed by atoms with Crippen LogP contribution in [0.2, 0.25) is 0 Å². The van der Waals surface area contributed by atoms with Gasteiger partial charge < -0.3 is 9.32 Å². The molecule has 1 aromatic carbocycles. The van der Waals surface area contributed by atoms with E-state index in [4.69, 9.17) is 4.42 Å². The van der Waals surface area contributed by atoms with E-state index in [2.05, 4.69) is 9.97 Å². The average molecular weight is 327 g/mol. The van der Waals surface area contributed by atoms with Crippen molar-refractivity contribution in [1.29, 1.82) is 0 Å². The van der Waals surface area contributed by atoms with Gasteiger partial charge in [-0.15, -0.1) is 0 Å². The minimum Gasteiger partial charge on any atom is -0.439 e. The Kier molecular flexibility index (Phi) is 3.52. The number of benzene rings is 1. The molecule has 0 saturated heterocycles. The quantitative estimate of drug-likeness (QED) is 0.716. The van der Waals surface area contributed by atoms with Crippen molar-refractivity contribution in [1.82, 2.24) is 9.97 Å². The van der Waals surface area contributed by atoms with Crippen LogP contribution in [0, 0.1) is 18.6 Å². The highest BCUT2D eigenvalue weighted by Crippen LogP contribution is 2.30. The number of pyridine rings is 1. The Morgan fingerprint density at radius 2 is 2.08 bits per heavy atom. The first kappa shape index (κ1) is 14.8. The zero-order chi connectivity index (χ0) is 16.7. The second-order valence-corrected chi connectivity index (χ2v) is 5.83. The highest BCUT2D eigenvalue weighted by Gasteiger charge is 2.25. The van der Waals surface area contributed by atoms with Crippen molar-refractivity contribution in [2.75, 3.05) is 11.4 Å². The van der Waals surface area contributed by atoms with Crippen molar-refractivity contribution < 1.29 is 13.2 Å². The van der Waals surface area contributed by atoms with Gasteiger partial charge in [-0.1, -0.05) is 6.07 Å². The molecule has 0 N–H and O–H groups in total. The number of aryl methyl sites for hydroxylation is 1. The molecule has 0 unspecified atom stereocenters. The molecule has 0 aliphatic carbocycles. The lowest BCUT2D eigenvalue weighted by Gasteiger charge is -2.28. The van der Waals surface area contributed by atoms with Gasteiger partial charge in [0.25, 0.3) is 0 Å². The number of hydrogen-bond donors (Lipinski definition) is 0. The molecule has 0 atom stereocenters. The monoisotopic (exact) mass is 327 g/mol. The van der Waals surface area contributed by atoms with E-state index in [9.17, 15) is 8.78 Å². The fourth-order valence-corrected chi connectivity index (χ4v) is 2.94. The molecule has 1 aliphatic rings. The van der Waals surface area contributed by atoms with Crippen LogP contribution in [0.3, 0.4) is 0 Å². The predicted octanol–water partition coefficient (Wildman–Crippen LogP) is 3.89. The minimum absolute atomic E-state index is 0.264. The Hall–Kier alpha value is -2.76.